The molecule has 0 atom stereocenters. The van der Waals surface area contributed by atoms with Gasteiger partial charge in [0.1, 0.15) is 5.54 Å². The first kappa shape index (κ1) is 16.9. The molecule has 0 radical (unpaired) electrons. The van der Waals surface area contributed by atoms with Crippen LogP contribution in [-0.4, -0.2) is 38.2 Å². The van der Waals surface area contributed by atoms with Crippen LogP contribution < -0.4 is 4.72 Å². The Morgan fingerprint density at radius 2 is 1.75 bits per heavy atom. The normalized spacial score (nSPS) is 17.7. The van der Waals surface area contributed by atoms with Gasteiger partial charge in [-0.15, -0.1) is 0 Å². The van der Waals surface area contributed by atoms with Gasteiger partial charge < -0.3 is 9.84 Å². The van der Waals surface area contributed by atoms with Gasteiger partial charge in [-0.3, -0.25) is 4.79 Å². The van der Waals surface area contributed by atoms with Crippen molar-refractivity contribution in [1.82, 2.24) is 4.72 Å². The van der Waals surface area contributed by atoms with Gasteiger partial charge in [0.15, 0.2) is 0 Å². The lowest BCUT2D eigenvalue weighted by Gasteiger charge is -2.33. The van der Waals surface area contributed by atoms with Gasteiger partial charge >= 0.3 is 5.97 Å². The predicted molar refractivity (Wildman–Crippen MR) is 89.4 cm³/mol. The average Bonchev–Trinajstić information content (AvgIpc) is 2.54. The van der Waals surface area contributed by atoms with E-state index in [4.69, 9.17) is 4.74 Å². The molecule has 1 saturated heterocycles. The second kappa shape index (κ2) is 6.16. The highest BCUT2D eigenvalue weighted by Gasteiger charge is 2.43. The third kappa shape index (κ3) is 3.15. The molecule has 2 aromatic rings. The fourth-order valence-electron chi connectivity index (χ4n) is 2.91. The summed E-state index contributed by atoms with van der Waals surface area (Å²) >= 11 is 0. The van der Waals surface area contributed by atoms with Gasteiger partial charge in [0.2, 0.25) is 10.0 Å². The lowest BCUT2D eigenvalue weighted by Crippen LogP contribution is -2.57. The summed E-state index contributed by atoms with van der Waals surface area (Å²) in [5.41, 5.74) is -0.428. The van der Waals surface area contributed by atoms with E-state index in [2.05, 4.69) is 4.72 Å². The molecule has 1 aliphatic rings. The molecule has 0 aliphatic carbocycles. The maximum atomic E-state index is 12.7. The number of rotatable bonds is 4. The Kier molecular flexibility index (Phi) is 4.33. The Morgan fingerprint density at radius 3 is 2.42 bits per heavy atom. The first-order valence-electron chi connectivity index (χ1n) is 7.68. The molecule has 0 spiro atoms. The fourth-order valence-corrected chi connectivity index (χ4v) is 4.36. The molecule has 0 aromatic heterocycles. The largest absolute Gasteiger partial charge is 0.480 e. The van der Waals surface area contributed by atoms with Crippen molar-refractivity contribution in [2.75, 3.05) is 13.2 Å². The molecular formula is C17H19NO5S. The van der Waals surface area contributed by atoms with Crippen LogP contribution in [0, 0.1) is 6.92 Å². The van der Waals surface area contributed by atoms with Gasteiger partial charge in [-0.05, 0) is 29.8 Å². The monoisotopic (exact) mass is 349 g/mol. The summed E-state index contributed by atoms with van der Waals surface area (Å²) in [5, 5.41) is 11.2. The van der Waals surface area contributed by atoms with E-state index in [9.17, 15) is 18.3 Å². The minimum atomic E-state index is -3.95. The van der Waals surface area contributed by atoms with Crippen molar-refractivity contribution < 1.29 is 23.1 Å². The minimum absolute atomic E-state index is 0.0611. The van der Waals surface area contributed by atoms with Crippen LogP contribution in [0.4, 0.5) is 0 Å². The van der Waals surface area contributed by atoms with Gasteiger partial charge in [-0.25, -0.2) is 8.42 Å². The first-order chi connectivity index (χ1) is 11.3. The first-order valence-corrected chi connectivity index (χ1v) is 9.16. The SMILES string of the molecule is Cc1ccc2cc(S(=O)(=O)NC3(C(=O)O)CCOCC3)ccc2c1. The Labute approximate surface area is 140 Å². The van der Waals surface area contributed by atoms with E-state index < -0.39 is 21.5 Å². The van der Waals surface area contributed by atoms with Crippen molar-refractivity contribution in [2.24, 2.45) is 0 Å². The van der Waals surface area contributed by atoms with Crippen LogP contribution in [0.3, 0.4) is 0 Å². The second-order valence-electron chi connectivity index (χ2n) is 6.12. The molecule has 0 amide bonds. The van der Waals surface area contributed by atoms with E-state index in [1.165, 1.54) is 6.07 Å². The summed E-state index contributed by atoms with van der Waals surface area (Å²) in [6, 6.07) is 10.5. The molecule has 1 fully saturated rings. The zero-order valence-corrected chi connectivity index (χ0v) is 14.1. The van der Waals surface area contributed by atoms with Crippen molar-refractivity contribution in [3.05, 3.63) is 42.0 Å². The standard InChI is InChI=1S/C17H19NO5S/c1-12-2-3-14-11-15(5-4-13(14)10-12)24(21,22)18-17(16(19)20)6-8-23-9-7-17/h2-5,10-11,18H,6-9H2,1H3,(H,19,20). The van der Waals surface area contributed by atoms with Crippen LogP contribution in [-0.2, 0) is 19.6 Å². The van der Waals surface area contributed by atoms with E-state index in [0.29, 0.717) is 0 Å². The Balaban J connectivity index is 1.97. The highest BCUT2D eigenvalue weighted by molar-refractivity contribution is 7.89. The number of carbonyl (C=O) groups is 1. The van der Waals surface area contributed by atoms with E-state index >= 15 is 0 Å². The maximum absolute atomic E-state index is 12.7. The topological polar surface area (TPSA) is 92.7 Å². The third-order valence-corrected chi connectivity index (χ3v) is 5.90. The van der Waals surface area contributed by atoms with Crippen molar-refractivity contribution in [2.45, 2.75) is 30.2 Å². The molecule has 0 saturated carbocycles. The van der Waals surface area contributed by atoms with Crippen LogP contribution in [0.2, 0.25) is 0 Å². The molecular weight excluding hydrogens is 330 g/mol. The number of nitrogens with one attached hydrogen (secondary N) is 1. The highest BCUT2D eigenvalue weighted by atomic mass is 32.2. The van der Waals surface area contributed by atoms with Crippen molar-refractivity contribution in [3.8, 4) is 0 Å². The predicted octanol–water partition coefficient (Wildman–Crippen LogP) is 2.06. The van der Waals surface area contributed by atoms with E-state index in [1.54, 1.807) is 12.1 Å². The number of aliphatic carboxylic acids is 1. The summed E-state index contributed by atoms with van der Waals surface area (Å²) in [6.07, 6.45) is 0.211. The van der Waals surface area contributed by atoms with Crippen molar-refractivity contribution in [3.63, 3.8) is 0 Å². The summed E-state index contributed by atoms with van der Waals surface area (Å²) in [4.78, 5) is 11.7. The van der Waals surface area contributed by atoms with E-state index in [0.717, 1.165) is 16.3 Å². The minimum Gasteiger partial charge on any atom is -0.480 e. The molecule has 128 valence electrons. The summed E-state index contributed by atoms with van der Waals surface area (Å²) in [5.74, 6) is -1.18. The molecule has 1 heterocycles. The van der Waals surface area contributed by atoms with Crippen LogP contribution in [0.1, 0.15) is 18.4 Å². The molecule has 7 heteroatoms. The molecule has 6 nitrogen and oxygen atoms in total. The van der Waals surface area contributed by atoms with Gasteiger partial charge in [0.25, 0.3) is 0 Å². The number of benzene rings is 2. The number of hydrogen-bond donors (Lipinski definition) is 2. The van der Waals surface area contributed by atoms with Crippen LogP contribution in [0.15, 0.2) is 41.3 Å². The van der Waals surface area contributed by atoms with Gasteiger partial charge in [0.05, 0.1) is 4.90 Å². The molecule has 24 heavy (non-hydrogen) atoms. The number of carboxylic acid groups (broad SMARTS) is 1. The summed E-state index contributed by atoms with van der Waals surface area (Å²) in [6.45, 7) is 2.39. The molecule has 0 bridgehead atoms. The third-order valence-electron chi connectivity index (χ3n) is 4.36. The lowest BCUT2D eigenvalue weighted by atomic mass is 9.92. The number of ether oxygens (including phenoxy) is 1. The van der Waals surface area contributed by atoms with E-state index in [1.807, 2.05) is 25.1 Å². The molecule has 0 unspecified atom stereocenters. The van der Waals surface area contributed by atoms with Gasteiger partial charge in [-0.1, -0.05) is 29.8 Å². The number of hydrogen-bond acceptors (Lipinski definition) is 4. The molecule has 2 N–H and O–H groups in total. The molecule has 3 rings (SSSR count). The molecule has 1 aliphatic heterocycles. The number of sulfonamides is 1. The van der Waals surface area contributed by atoms with Crippen LogP contribution >= 0.6 is 0 Å². The Hall–Kier alpha value is -1.96. The number of fused-ring (bicyclic) bond motifs is 1. The van der Waals surface area contributed by atoms with Gasteiger partial charge in [-0.2, -0.15) is 4.72 Å². The second-order valence-corrected chi connectivity index (χ2v) is 7.80. The smallest absolute Gasteiger partial charge is 0.325 e. The summed E-state index contributed by atoms with van der Waals surface area (Å²) < 4.78 is 33.0. The van der Waals surface area contributed by atoms with Crippen LogP contribution in [0.25, 0.3) is 10.8 Å². The number of carboxylic acids is 1. The van der Waals surface area contributed by atoms with Crippen molar-refractivity contribution >= 4 is 26.8 Å². The number of aryl methyl sites for hydroxylation is 1. The van der Waals surface area contributed by atoms with E-state index in [-0.39, 0.29) is 31.0 Å². The Morgan fingerprint density at radius 1 is 1.12 bits per heavy atom. The highest BCUT2D eigenvalue weighted by Crippen LogP contribution is 2.26. The Bertz CT molecular complexity index is 885. The average molecular weight is 349 g/mol. The lowest BCUT2D eigenvalue weighted by molar-refractivity contribution is -0.147. The van der Waals surface area contributed by atoms with Gasteiger partial charge in [0, 0.05) is 26.1 Å². The summed E-state index contributed by atoms with van der Waals surface area (Å²) in [7, 11) is -3.95. The molecule has 2 aromatic carbocycles. The zero-order valence-electron chi connectivity index (χ0n) is 13.3. The quantitative estimate of drug-likeness (QED) is 0.881. The van der Waals surface area contributed by atoms with Crippen molar-refractivity contribution in [1.29, 1.82) is 0 Å². The zero-order chi connectivity index (χ0) is 17.4. The maximum Gasteiger partial charge on any atom is 0.325 e. The fraction of sp³-hybridized carbons (Fsp3) is 0.353. The van der Waals surface area contributed by atoms with Crippen LogP contribution in [0.5, 0.6) is 0 Å².